The van der Waals surface area contributed by atoms with Gasteiger partial charge >= 0.3 is 5.92 Å². The van der Waals surface area contributed by atoms with Crippen molar-refractivity contribution in [1.29, 1.82) is 0 Å². The number of hydrogen-bond donors (Lipinski definition) is 2. The molecule has 34 heavy (non-hydrogen) atoms. The number of ketones is 1. The van der Waals surface area contributed by atoms with E-state index in [0.29, 0.717) is 11.2 Å². The number of aryl methyl sites for hydroxylation is 1. The molecule has 7 nitrogen and oxygen atoms in total. The normalized spacial score (nSPS) is 11.6. The van der Waals surface area contributed by atoms with Crippen molar-refractivity contribution in [2.24, 2.45) is 0 Å². The lowest BCUT2D eigenvalue weighted by atomic mass is 9.98. The minimum atomic E-state index is -3.99. The summed E-state index contributed by atoms with van der Waals surface area (Å²) in [5, 5.41) is 5.85. The second-order valence-corrected chi connectivity index (χ2v) is 7.53. The standard InChI is InChI=1S/C23H17F4N5O2/c1-12-2-7-16(14-8-9-32-17(10-14)30-22(28)31-32)19(25)18(12)21(34)29-11-23(26,27)20(33)13-3-5-15(24)6-4-13/h2-10H,11H2,1H3,(H2,28,31)(H,29,34). The van der Waals surface area contributed by atoms with E-state index in [1.165, 1.54) is 41.9 Å². The number of benzene rings is 2. The summed E-state index contributed by atoms with van der Waals surface area (Å²) in [5.74, 6) is -8.30. The Morgan fingerprint density at radius 1 is 1.09 bits per heavy atom. The summed E-state index contributed by atoms with van der Waals surface area (Å²) in [6.45, 7) is 0.0854. The maximum Gasteiger partial charge on any atom is 0.326 e. The number of nitrogens with one attached hydrogen (secondary N) is 1. The van der Waals surface area contributed by atoms with E-state index >= 15 is 4.39 Å². The maximum atomic E-state index is 15.3. The van der Waals surface area contributed by atoms with Gasteiger partial charge in [-0.2, -0.15) is 13.8 Å². The van der Waals surface area contributed by atoms with Crippen molar-refractivity contribution in [1.82, 2.24) is 19.9 Å². The summed E-state index contributed by atoms with van der Waals surface area (Å²) in [6.07, 6.45) is 1.51. The van der Waals surface area contributed by atoms with Gasteiger partial charge in [-0.3, -0.25) is 9.59 Å². The number of Topliss-reactive ketones (excluding diaryl/α,β-unsaturated/α-hetero) is 1. The number of anilines is 1. The number of nitrogens with two attached hydrogens (primary N) is 1. The predicted octanol–water partition coefficient (Wildman–Crippen LogP) is 3.81. The largest absolute Gasteiger partial charge is 0.366 e. The monoisotopic (exact) mass is 471 g/mol. The lowest BCUT2D eigenvalue weighted by molar-refractivity contribution is 0.0111. The number of amides is 1. The summed E-state index contributed by atoms with van der Waals surface area (Å²) in [4.78, 5) is 28.7. The van der Waals surface area contributed by atoms with E-state index in [1.807, 2.05) is 5.32 Å². The van der Waals surface area contributed by atoms with Gasteiger partial charge in [0.15, 0.2) is 5.65 Å². The number of rotatable bonds is 6. The number of carbonyl (C=O) groups excluding carboxylic acids is 2. The van der Waals surface area contributed by atoms with E-state index in [-0.39, 0.29) is 17.1 Å². The Balaban J connectivity index is 1.58. The number of nitrogens with zero attached hydrogens (tertiary/aromatic N) is 3. The minimum absolute atomic E-state index is 0.0257. The molecule has 0 unspecified atom stereocenters. The summed E-state index contributed by atoms with van der Waals surface area (Å²) < 4.78 is 58.5. The van der Waals surface area contributed by atoms with Crippen LogP contribution in [0.1, 0.15) is 26.3 Å². The zero-order chi connectivity index (χ0) is 24.6. The Morgan fingerprint density at radius 2 is 1.79 bits per heavy atom. The number of aromatic nitrogens is 3. The Morgan fingerprint density at radius 3 is 2.50 bits per heavy atom. The van der Waals surface area contributed by atoms with Gasteiger partial charge in [0.25, 0.3) is 5.91 Å². The Kier molecular flexibility index (Phi) is 5.78. The van der Waals surface area contributed by atoms with Gasteiger partial charge in [-0.1, -0.05) is 12.1 Å². The van der Waals surface area contributed by atoms with E-state index in [2.05, 4.69) is 10.1 Å². The molecule has 2 aromatic heterocycles. The highest BCUT2D eigenvalue weighted by molar-refractivity contribution is 6.02. The van der Waals surface area contributed by atoms with Gasteiger partial charge in [0.05, 0.1) is 12.1 Å². The summed E-state index contributed by atoms with van der Waals surface area (Å²) in [6, 6.07) is 9.54. The number of hydrogen-bond acceptors (Lipinski definition) is 5. The van der Waals surface area contributed by atoms with Crippen LogP contribution in [0.5, 0.6) is 0 Å². The molecule has 0 fully saturated rings. The van der Waals surface area contributed by atoms with Gasteiger partial charge in [-0.05, 0) is 54.4 Å². The van der Waals surface area contributed by atoms with E-state index in [9.17, 15) is 22.8 Å². The van der Waals surface area contributed by atoms with Crippen LogP contribution in [0.25, 0.3) is 16.8 Å². The van der Waals surface area contributed by atoms with Crippen LogP contribution >= 0.6 is 0 Å². The number of carbonyl (C=O) groups is 2. The number of fused-ring (bicyclic) bond motifs is 1. The maximum absolute atomic E-state index is 15.3. The summed E-state index contributed by atoms with van der Waals surface area (Å²) in [7, 11) is 0. The number of halogens is 4. The highest BCUT2D eigenvalue weighted by Crippen LogP contribution is 2.28. The molecule has 0 bridgehead atoms. The molecule has 0 radical (unpaired) electrons. The molecule has 0 saturated heterocycles. The number of nitrogen functional groups attached to an aromatic ring is 1. The highest BCUT2D eigenvalue weighted by atomic mass is 19.3. The molecule has 2 aromatic carbocycles. The molecule has 174 valence electrons. The first-order valence-corrected chi connectivity index (χ1v) is 9.94. The van der Waals surface area contributed by atoms with Crippen LogP contribution < -0.4 is 11.1 Å². The van der Waals surface area contributed by atoms with Crippen molar-refractivity contribution >= 4 is 23.3 Å². The van der Waals surface area contributed by atoms with Crippen LogP contribution in [0.3, 0.4) is 0 Å². The molecular weight excluding hydrogens is 454 g/mol. The van der Waals surface area contributed by atoms with Crippen LogP contribution in [-0.4, -0.2) is 38.8 Å². The second kappa shape index (κ2) is 8.58. The van der Waals surface area contributed by atoms with Crippen molar-refractivity contribution in [2.75, 3.05) is 12.3 Å². The zero-order valence-electron chi connectivity index (χ0n) is 17.7. The van der Waals surface area contributed by atoms with E-state index < -0.39 is 46.9 Å². The molecule has 0 aliphatic heterocycles. The molecule has 11 heteroatoms. The first-order valence-electron chi connectivity index (χ1n) is 9.94. The van der Waals surface area contributed by atoms with Crippen molar-refractivity contribution in [3.63, 3.8) is 0 Å². The molecule has 0 aliphatic rings. The third kappa shape index (κ3) is 4.32. The summed E-state index contributed by atoms with van der Waals surface area (Å²) in [5.41, 5.74) is 5.65. The van der Waals surface area contributed by atoms with Crippen molar-refractivity contribution in [3.8, 4) is 11.1 Å². The Labute approximate surface area is 190 Å². The summed E-state index contributed by atoms with van der Waals surface area (Å²) >= 11 is 0. The molecule has 4 rings (SSSR count). The average molecular weight is 471 g/mol. The lowest BCUT2D eigenvalue weighted by Crippen LogP contribution is -2.42. The average Bonchev–Trinajstić information content (AvgIpc) is 3.17. The van der Waals surface area contributed by atoms with Gasteiger partial charge in [-0.15, -0.1) is 5.10 Å². The molecule has 0 saturated carbocycles. The quantitative estimate of drug-likeness (QED) is 0.329. The van der Waals surface area contributed by atoms with E-state index in [4.69, 9.17) is 5.73 Å². The number of pyridine rings is 1. The van der Waals surface area contributed by atoms with Crippen LogP contribution in [-0.2, 0) is 0 Å². The Hall–Kier alpha value is -4.28. The smallest absolute Gasteiger partial charge is 0.326 e. The van der Waals surface area contributed by atoms with Gasteiger partial charge in [0.1, 0.15) is 11.6 Å². The molecule has 3 N–H and O–H groups in total. The fourth-order valence-corrected chi connectivity index (χ4v) is 3.41. The van der Waals surface area contributed by atoms with Crippen molar-refractivity contribution in [2.45, 2.75) is 12.8 Å². The van der Waals surface area contributed by atoms with Crippen molar-refractivity contribution < 1.29 is 27.2 Å². The van der Waals surface area contributed by atoms with Crippen LogP contribution in [0.4, 0.5) is 23.5 Å². The molecule has 0 atom stereocenters. The predicted molar refractivity (Wildman–Crippen MR) is 116 cm³/mol. The van der Waals surface area contributed by atoms with Gasteiger partial charge < -0.3 is 11.1 Å². The van der Waals surface area contributed by atoms with E-state index in [0.717, 1.165) is 24.3 Å². The van der Waals surface area contributed by atoms with Gasteiger partial charge in [0, 0.05) is 17.3 Å². The Bertz CT molecular complexity index is 1420. The minimum Gasteiger partial charge on any atom is -0.366 e. The first kappa shape index (κ1) is 22.9. The lowest BCUT2D eigenvalue weighted by Gasteiger charge is -2.17. The number of alkyl halides is 2. The van der Waals surface area contributed by atoms with Crippen LogP contribution in [0.2, 0.25) is 0 Å². The fourth-order valence-electron chi connectivity index (χ4n) is 3.41. The van der Waals surface area contributed by atoms with Gasteiger partial charge in [-0.25, -0.2) is 13.3 Å². The third-order valence-electron chi connectivity index (χ3n) is 5.15. The molecule has 0 spiro atoms. The SMILES string of the molecule is Cc1ccc(-c2ccn3nc(N)nc3c2)c(F)c1C(=O)NCC(F)(F)C(=O)c1ccc(F)cc1. The highest BCUT2D eigenvalue weighted by Gasteiger charge is 2.40. The topological polar surface area (TPSA) is 102 Å². The first-order chi connectivity index (χ1) is 16.1. The van der Waals surface area contributed by atoms with Crippen LogP contribution in [0, 0.1) is 18.6 Å². The fraction of sp³-hybridized carbons (Fsp3) is 0.130. The van der Waals surface area contributed by atoms with Gasteiger partial charge in [0.2, 0.25) is 11.7 Å². The molecular formula is C23H17F4N5O2. The van der Waals surface area contributed by atoms with Crippen molar-refractivity contribution in [3.05, 3.63) is 83.1 Å². The second-order valence-electron chi connectivity index (χ2n) is 7.53. The third-order valence-corrected chi connectivity index (χ3v) is 5.15. The van der Waals surface area contributed by atoms with Crippen LogP contribution in [0.15, 0.2) is 54.7 Å². The molecule has 4 aromatic rings. The van der Waals surface area contributed by atoms with E-state index in [1.54, 1.807) is 0 Å². The molecule has 1 amide bonds. The molecule has 0 aliphatic carbocycles. The molecule has 2 heterocycles. The zero-order valence-corrected chi connectivity index (χ0v) is 17.7.